The zero-order valence-corrected chi connectivity index (χ0v) is 10.00. The van der Waals surface area contributed by atoms with Gasteiger partial charge in [-0.25, -0.2) is 0 Å². The van der Waals surface area contributed by atoms with Crippen LogP contribution in [0.3, 0.4) is 0 Å². The molecule has 2 N–H and O–H groups in total. The Labute approximate surface area is 97.2 Å². The molecule has 88 valence electrons. The maximum Gasteiger partial charge on any atom is 0.0248 e. The molecule has 2 aliphatic heterocycles. The smallest absolute Gasteiger partial charge is 0.0248 e. The SMILES string of the molecule is CN1Cc2cc[nH]c2C(C2CCNCC2)C1. The second kappa shape index (κ2) is 4.22. The van der Waals surface area contributed by atoms with Gasteiger partial charge in [0.15, 0.2) is 0 Å². The van der Waals surface area contributed by atoms with Crippen molar-refractivity contribution in [2.45, 2.75) is 25.3 Å². The van der Waals surface area contributed by atoms with Crippen LogP contribution in [0.1, 0.15) is 30.0 Å². The second-order valence-electron chi connectivity index (χ2n) is 5.31. The molecule has 1 saturated heterocycles. The quantitative estimate of drug-likeness (QED) is 0.751. The van der Waals surface area contributed by atoms with E-state index < -0.39 is 0 Å². The summed E-state index contributed by atoms with van der Waals surface area (Å²) in [6.07, 6.45) is 4.77. The highest BCUT2D eigenvalue weighted by Gasteiger charge is 2.31. The van der Waals surface area contributed by atoms with E-state index in [2.05, 4.69) is 34.5 Å². The number of H-pyrrole nitrogens is 1. The van der Waals surface area contributed by atoms with Crippen molar-refractivity contribution < 1.29 is 0 Å². The Bertz CT molecular complexity index is 352. The van der Waals surface area contributed by atoms with Crippen molar-refractivity contribution in [3.63, 3.8) is 0 Å². The molecule has 0 saturated carbocycles. The number of fused-ring (bicyclic) bond motifs is 1. The Morgan fingerprint density at radius 1 is 1.31 bits per heavy atom. The van der Waals surface area contributed by atoms with Crippen LogP contribution in [0, 0.1) is 5.92 Å². The van der Waals surface area contributed by atoms with E-state index in [-0.39, 0.29) is 0 Å². The third-order valence-corrected chi connectivity index (χ3v) is 4.14. The minimum Gasteiger partial charge on any atom is -0.364 e. The largest absolute Gasteiger partial charge is 0.364 e. The summed E-state index contributed by atoms with van der Waals surface area (Å²) in [5.74, 6) is 1.59. The van der Waals surface area contributed by atoms with Gasteiger partial charge in [0.1, 0.15) is 0 Å². The van der Waals surface area contributed by atoms with Crippen LogP contribution in [-0.4, -0.2) is 36.6 Å². The first kappa shape index (κ1) is 10.4. The van der Waals surface area contributed by atoms with Crippen LogP contribution in [0.25, 0.3) is 0 Å². The first-order valence-corrected chi connectivity index (χ1v) is 6.40. The molecule has 3 rings (SSSR count). The number of aromatic amines is 1. The topological polar surface area (TPSA) is 31.1 Å². The Morgan fingerprint density at radius 2 is 2.12 bits per heavy atom. The zero-order valence-electron chi connectivity index (χ0n) is 10.00. The molecule has 0 aromatic carbocycles. The summed E-state index contributed by atoms with van der Waals surface area (Å²) >= 11 is 0. The molecule has 1 unspecified atom stereocenters. The van der Waals surface area contributed by atoms with Gasteiger partial charge in [-0.3, -0.25) is 0 Å². The number of rotatable bonds is 1. The van der Waals surface area contributed by atoms with E-state index in [4.69, 9.17) is 0 Å². The first-order valence-electron chi connectivity index (χ1n) is 6.40. The molecule has 0 amide bonds. The molecule has 16 heavy (non-hydrogen) atoms. The molecule has 1 aromatic heterocycles. The van der Waals surface area contributed by atoms with Crippen molar-refractivity contribution in [3.8, 4) is 0 Å². The fourth-order valence-electron chi connectivity index (χ4n) is 3.31. The first-order chi connectivity index (χ1) is 7.84. The van der Waals surface area contributed by atoms with E-state index in [1.165, 1.54) is 43.7 Å². The number of nitrogens with one attached hydrogen (secondary N) is 2. The molecule has 3 heteroatoms. The van der Waals surface area contributed by atoms with E-state index in [0.717, 1.165) is 18.4 Å². The van der Waals surface area contributed by atoms with Gasteiger partial charge in [-0.15, -0.1) is 0 Å². The summed E-state index contributed by atoms with van der Waals surface area (Å²) < 4.78 is 0. The van der Waals surface area contributed by atoms with Crippen LogP contribution in [0.15, 0.2) is 12.3 Å². The summed E-state index contributed by atoms with van der Waals surface area (Å²) in [6.45, 7) is 4.72. The van der Waals surface area contributed by atoms with Crippen LogP contribution in [-0.2, 0) is 6.54 Å². The molecule has 0 radical (unpaired) electrons. The summed E-state index contributed by atoms with van der Waals surface area (Å²) in [4.78, 5) is 5.94. The van der Waals surface area contributed by atoms with E-state index >= 15 is 0 Å². The lowest BCUT2D eigenvalue weighted by Crippen LogP contribution is -2.38. The van der Waals surface area contributed by atoms with E-state index in [1.54, 1.807) is 0 Å². The molecule has 1 atom stereocenters. The van der Waals surface area contributed by atoms with Gasteiger partial charge in [0.05, 0.1) is 0 Å². The fraction of sp³-hybridized carbons (Fsp3) is 0.692. The maximum atomic E-state index is 3.48. The molecule has 0 aliphatic carbocycles. The van der Waals surface area contributed by atoms with Crippen molar-refractivity contribution in [2.75, 3.05) is 26.7 Å². The van der Waals surface area contributed by atoms with Gasteiger partial charge in [-0.2, -0.15) is 0 Å². The summed E-state index contributed by atoms with van der Waals surface area (Å²) in [5.41, 5.74) is 3.03. The number of hydrogen-bond donors (Lipinski definition) is 2. The van der Waals surface area contributed by atoms with Crippen molar-refractivity contribution >= 4 is 0 Å². The van der Waals surface area contributed by atoms with Gasteiger partial charge >= 0.3 is 0 Å². The van der Waals surface area contributed by atoms with Crippen LogP contribution < -0.4 is 5.32 Å². The molecule has 1 fully saturated rings. The Hall–Kier alpha value is -0.800. The number of nitrogens with zero attached hydrogens (tertiary/aromatic N) is 1. The van der Waals surface area contributed by atoms with Crippen LogP contribution in [0.5, 0.6) is 0 Å². The Balaban J connectivity index is 1.84. The minimum absolute atomic E-state index is 0.728. The van der Waals surface area contributed by atoms with Crippen LogP contribution >= 0.6 is 0 Å². The summed E-state index contributed by atoms with van der Waals surface area (Å²) in [6, 6.07) is 2.25. The van der Waals surface area contributed by atoms with Gasteiger partial charge < -0.3 is 15.2 Å². The van der Waals surface area contributed by atoms with Gasteiger partial charge in [-0.1, -0.05) is 0 Å². The predicted octanol–water partition coefficient (Wildman–Crippen LogP) is 1.54. The molecule has 0 spiro atoms. The molecular weight excluding hydrogens is 198 g/mol. The lowest BCUT2D eigenvalue weighted by atomic mass is 9.80. The van der Waals surface area contributed by atoms with Crippen LogP contribution in [0.2, 0.25) is 0 Å². The Kier molecular flexibility index (Phi) is 2.74. The molecule has 3 heterocycles. The second-order valence-corrected chi connectivity index (χ2v) is 5.31. The standard InChI is InChI=1S/C13H21N3/c1-16-8-11-4-7-15-13(11)12(9-16)10-2-5-14-6-3-10/h4,7,10,12,14-15H,2-3,5-6,8-9H2,1H3. The average Bonchev–Trinajstić information content (AvgIpc) is 2.77. The van der Waals surface area contributed by atoms with Crippen molar-refractivity contribution in [3.05, 3.63) is 23.5 Å². The van der Waals surface area contributed by atoms with Crippen molar-refractivity contribution in [1.82, 2.24) is 15.2 Å². The third-order valence-electron chi connectivity index (χ3n) is 4.14. The third kappa shape index (κ3) is 1.78. The van der Waals surface area contributed by atoms with E-state index in [1.807, 2.05) is 0 Å². The molecule has 1 aromatic rings. The highest BCUT2D eigenvalue weighted by Crippen LogP contribution is 2.36. The normalized spacial score (nSPS) is 27.9. The number of hydrogen-bond acceptors (Lipinski definition) is 2. The number of likely N-dealkylation sites (N-methyl/N-ethyl adjacent to an activating group) is 1. The number of piperidine rings is 1. The predicted molar refractivity (Wildman–Crippen MR) is 65.5 cm³/mol. The summed E-state index contributed by atoms with van der Waals surface area (Å²) in [5, 5.41) is 3.46. The van der Waals surface area contributed by atoms with Crippen molar-refractivity contribution in [2.24, 2.45) is 5.92 Å². The lowest BCUT2D eigenvalue weighted by Gasteiger charge is -2.37. The van der Waals surface area contributed by atoms with Crippen LogP contribution in [0.4, 0.5) is 0 Å². The average molecular weight is 219 g/mol. The lowest BCUT2D eigenvalue weighted by molar-refractivity contribution is 0.212. The highest BCUT2D eigenvalue weighted by molar-refractivity contribution is 5.27. The van der Waals surface area contributed by atoms with E-state index in [0.29, 0.717) is 0 Å². The fourth-order valence-corrected chi connectivity index (χ4v) is 3.31. The number of aromatic nitrogens is 1. The molecule has 2 aliphatic rings. The van der Waals surface area contributed by atoms with Gasteiger partial charge in [-0.05, 0) is 50.5 Å². The summed E-state index contributed by atoms with van der Waals surface area (Å²) in [7, 11) is 2.24. The monoisotopic (exact) mass is 219 g/mol. The van der Waals surface area contributed by atoms with Gasteiger partial charge in [0, 0.05) is 30.9 Å². The Morgan fingerprint density at radius 3 is 2.94 bits per heavy atom. The minimum atomic E-state index is 0.728. The van der Waals surface area contributed by atoms with Gasteiger partial charge in [0.25, 0.3) is 0 Å². The highest BCUT2D eigenvalue weighted by atomic mass is 15.1. The molecule has 3 nitrogen and oxygen atoms in total. The van der Waals surface area contributed by atoms with E-state index in [9.17, 15) is 0 Å². The van der Waals surface area contributed by atoms with Gasteiger partial charge in [0.2, 0.25) is 0 Å². The molecule has 0 bridgehead atoms. The maximum absolute atomic E-state index is 3.48. The zero-order chi connectivity index (χ0) is 11.0. The molecular formula is C13H21N3. The van der Waals surface area contributed by atoms with Crippen molar-refractivity contribution in [1.29, 1.82) is 0 Å².